The van der Waals surface area contributed by atoms with Gasteiger partial charge in [-0.05, 0) is 24.3 Å². The van der Waals surface area contributed by atoms with Crippen LogP contribution in [0, 0.1) is 0 Å². The van der Waals surface area contributed by atoms with Gasteiger partial charge in [-0.1, -0.05) is 30.3 Å². The highest BCUT2D eigenvalue weighted by Gasteiger charge is 2.05. The number of rotatable bonds is 3. The van der Waals surface area contributed by atoms with Crippen molar-refractivity contribution in [2.75, 3.05) is 0 Å². The molecule has 0 bridgehead atoms. The van der Waals surface area contributed by atoms with Gasteiger partial charge in [-0.2, -0.15) is 0 Å². The zero-order valence-corrected chi connectivity index (χ0v) is 10.5. The maximum atomic E-state index is 12.1. The largest absolute Gasteiger partial charge is 0.294 e. The van der Waals surface area contributed by atoms with E-state index in [1.807, 2.05) is 54.6 Å². The molecule has 1 aromatic heterocycles. The standard InChI is InChI=1S/C14H12N2OS/c17-14-12-8-4-5-9-13(12)15-16(14)10-18-11-6-2-1-3-7-11/h1-9,15H,10H2. The third-order valence-electron chi connectivity index (χ3n) is 2.76. The highest BCUT2D eigenvalue weighted by Crippen LogP contribution is 2.18. The van der Waals surface area contributed by atoms with Gasteiger partial charge in [0.15, 0.2) is 0 Å². The Bertz CT molecular complexity index is 715. The second-order valence-electron chi connectivity index (χ2n) is 3.98. The number of benzene rings is 2. The first-order chi connectivity index (χ1) is 8.84. The van der Waals surface area contributed by atoms with Gasteiger partial charge in [0, 0.05) is 4.90 Å². The van der Waals surface area contributed by atoms with E-state index in [0.29, 0.717) is 5.88 Å². The SMILES string of the molecule is O=c1c2ccccc2[nH]n1CSc1ccccc1. The van der Waals surface area contributed by atoms with Crippen LogP contribution in [0.1, 0.15) is 0 Å². The average Bonchev–Trinajstić information content (AvgIpc) is 2.75. The van der Waals surface area contributed by atoms with Crippen LogP contribution in [-0.2, 0) is 5.88 Å². The van der Waals surface area contributed by atoms with Crippen LogP contribution in [0.15, 0.2) is 64.3 Å². The molecule has 3 nitrogen and oxygen atoms in total. The van der Waals surface area contributed by atoms with Gasteiger partial charge in [0.05, 0.1) is 16.8 Å². The monoisotopic (exact) mass is 256 g/mol. The van der Waals surface area contributed by atoms with Crippen LogP contribution in [0.2, 0.25) is 0 Å². The van der Waals surface area contributed by atoms with Gasteiger partial charge in [-0.3, -0.25) is 9.89 Å². The molecule has 0 saturated heterocycles. The summed E-state index contributed by atoms with van der Waals surface area (Å²) in [5, 5.41) is 3.86. The molecular formula is C14H12N2OS. The van der Waals surface area contributed by atoms with E-state index in [9.17, 15) is 4.79 Å². The number of hydrogen-bond donors (Lipinski definition) is 1. The van der Waals surface area contributed by atoms with Crippen molar-refractivity contribution in [3.8, 4) is 0 Å². The second kappa shape index (κ2) is 4.74. The molecule has 0 amide bonds. The first-order valence-electron chi connectivity index (χ1n) is 5.70. The topological polar surface area (TPSA) is 37.8 Å². The van der Waals surface area contributed by atoms with Crippen molar-refractivity contribution in [3.05, 3.63) is 65.0 Å². The van der Waals surface area contributed by atoms with Crippen molar-refractivity contribution >= 4 is 22.7 Å². The summed E-state index contributed by atoms with van der Waals surface area (Å²) in [5.41, 5.74) is 0.921. The number of aromatic amines is 1. The van der Waals surface area contributed by atoms with Crippen LogP contribution in [0.3, 0.4) is 0 Å². The molecule has 0 aliphatic carbocycles. The molecule has 0 saturated carbocycles. The predicted octanol–water partition coefficient (Wildman–Crippen LogP) is 3.08. The van der Waals surface area contributed by atoms with E-state index in [1.165, 1.54) is 0 Å². The zero-order chi connectivity index (χ0) is 12.4. The normalized spacial score (nSPS) is 10.9. The molecular weight excluding hydrogens is 244 g/mol. The Morgan fingerprint density at radius 3 is 2.50 bits per heavy atom. The van der Waals surface area contributed by atoms with Crippen LogP contribution in [-0.4, -0.2) is 9.78 Å². The highest BCUT2D eigenvalue weighted by molar-refractivity contribution is 7.98. The van der Waals surface area contributed by atoms with Crippen molar-refractivity contribution in [1.82, 2.24) is 9.78 Å². The number of nitrogens with one attached hydrogen (secondary N) is 1. The molecule has 0 aliphatic heterocycles. The molecule has 0 radical (unpaired) electrons. The second-order valence-corrected chi connectivity index (χ2v) is 5.00. The summed E-state index contributed by atoms with van der Waals surface area (Å²) in [4.78, 5) is 13.2. The molecule has 0 unspecified atom stereocenters. The number of H-pyrrole nitrogens is 1. The summed E-state index contributed by atoms with van der Waals surface area (Å²) in [6.07, 6.45) is 0. The minimum Gasteiger partial charge on any atom is -0.294 e. The number of para-hydroxylation sites is 1. The van der Waals surface area contributed by atoms with Crippen molar-refractivity contribution in [2.24, 2.45) is 0 Å². The number of aromatic nitrogens is 2. The molecule has 3 rings (SSSR count). The lowest BCUT2D eigenvalue weighted by Gasteiger charge is -2.01. The van der Waals surface area contributed by atoms with Gasteiger partial charge in [-0.25, -0.2) is 4.68 Å². The van der Waals surface area contributed by atoms with Gasteiger partial charge in [0.2, 0.25) is 0 Å². The van der Waals surface area contributed by atoms with Gasteiger partial charge >= 0.3 is 0 Å². The van der Waals surface area contributed by atoms with Gasteiger partial charge in [-0.15, -0.1) is 11.8 Å². The number of fused-ring (bicyclic) bond motifs is 1. The maximum absolute atomic E-state index is 12.1. The lowest BCUT2D eigenvalue weighted by molar-refractivity contribution is 0.734. The summed E-state index contributed by atoms with van der Waals surface area (Å²) in [7, 11) is 0. The Balaban J connectivity index is 1.87. The summed E-state index contributed by atoms with van der Waals surface area (Å²) in [6.45, 7) is 0. The fourth-order valence-electron chi connectivity index (χ4n) is 1.86. The minimum absolute atomic E-state index is 0.0361. The quantitative estimate of drug-likeness (QED) is 0.731. The third-order valence-corrected chi connectivity index (χ3v) is 3.75. The van der Waals surface area contributed by atoms with Crippen LogP contribution in [0.5, 0.6) is 0 Å². The molecule has 0 spiro atoms. The van der Waals surface area contributed by atoms with E-state index in [4.69, 9.17) is 0 Å². The van der Waals surface area contributed by atoms with E-state index in [-0.39, 0.29) is 5.56 Å². The summed E-state index contributed by atoms with van der Waals surface area (Å²) in [6, 6.07) is 17.6. The Labute approximate surface area is 108 Å². The van der Waals surface area contributed by atoms with E-state index in [1.54, 1.807) is 16.4 Å². The Hall–Kier alpha value is -1.94. The highest BCUT2D eigenvalue weighted by atomic mass is 32.2. The molecule has 0 atom stereocenters. The van der Waals surface area contributed by atoms with E-state index < -0.39 is 0 Å². The lowest BCUT2D eigenvalue weighted by atomic mass is 10.3. The Kier molecular flexibility index (Phi) is 2.94. The summed E-state index contributed by atoms with van der Waals surface area (Å²) >= 11 is 1.63. The number of hydrogen-bond acceptors (Lipinski definition) is 2. The van der Waals surface area contributed by atoms with Crippen LogP contribution in [0.4, 0.5) is 0 Å². The molecule has 0 fully saturated rings. The number of thioether (sulfide) groups is 1. The maximum Gasteiger partial charge on any atom is 0.275 e. The summed E-state index contributed by atoms with van der Waals surface area (Å²) < 4.78 is 1.64. The summed E-state index contributed by atoms with van der Waals surface area (Å²) in [5.74, 6) is 0.595. The lowest BCUT2D eigenvalue weighted by Crippen LogP contribution is -2.14. The van der Waals surface area contributed by atoms with Gasteiger partial charge < -0.3 is 0 Å². The van der Waals surface area contributed by atoms with Crippen molar-refractivity contribution in [2.45, 2.75) is 10.8 Å². The third kappa shape index (κ3) is 2.07. The fourth-order valence-corrected chi connectivity index (χ4v) is 2.66. The molecule has 90 valence electrons. The molecule has 4 heteroatoms. The fraction of sp³-hybridized carbons (Fsp3) is 0.0714. The molecule has 2 aromatic carbocycles. The van der Waals surface area contributed by atoms with Crippen LogP contribution < -0.4 is 5.56 Å². The van der Waals surface area contributed by atoms with E-state index in [0.717, 1.165) is 15.8 Å². The average molecular weight is 256 g/mol. The van der Waals surface area contributed by atoms with Crippen molar-refractivity contribution < 1.29 is 0 Å². The molecule has 1 heterocycles. The molecule has 0 aliphatic rings. The molecule has 18 heavy (non-hydrogen) atoms. The first kappa shape index (κ1) is 11.2. The molecule has 3 aromatic rings. The predicted molar refractivity (Wildman–Crippen MR) is 74.9 cm³/mol. The number of nitrogens with zero attached hydrogens (tertiary/aromatic N) is 1. The Morgan fingerprint density at radius 1 is 1.00 bits per heavy atom. The van der Waals surface area contributed by atoms with E-state index in [2.05, 4.69) is 5.10 Å². The Morgan fingerprint density at radius 2 is 1.72 bits per heavy atom. The van der Waals surface area contributed by atoms with Crippen molar-refractivity contribution in [1.29, 1.82) is 0 Å². The molecule has 1 N–H and O–H groups in total. The van der Waals surface area contributed by atoms with Crippen molar-refractivity contribution in [3.63, 3.8) is 0 Å². The van der Waals surface area contributed by atoms with Gasteiger partial charge in [0.25, 0.3) is 5.56 Å². The van der Waals surface area contributed by atoms with Crippen LogP contribution >= 0.6 is 11.8 Å². The first-order valence-corrected chi connectivity index (χ1v) is 6.68. The van der Waals surface area contributed by atoms with Crippen LogP contribution in [0.25, 0.3) is 10.9 Å². The van der Waals surface area contributed by atoms with Gasteiger partial charge in [0.1, 0.15) is 0 Å². The van der Waals surface area contributed by atoms with E-state index >= 15 is 0 Å². The smallest absolute Gasteiger partial charge is 0.275 e. The minimum atomic E-state index is 0.0361. The zero-order valence-electron chi connectivity index (χ0n) is 9.67.